The predicted octanol–water partition coefficient (Wildman–Crippen LogP) is 3.34. The molecule has 4 nitrogen and oxygen atoms in total. The second-order valence-corrected chi connectivity index (χ2v) is 6.64. The van der Waals surface area contributed by atoms with Crippen LogP contribution in [0.25, 0.3) is 17.7 Å². The summed E-state index contributed by atoms with van der Waals surface area (Å²) in [6.07, 6.45) is 9.33. The average Bonchev–Trinajstić information content (AvgIpc) is 3.25. The number of aromatic hydroxyl groups is 1. The van der Waals surface area contributed by atoms with E-state index in [1.54, 1.807) is 27.3 Å². The molecule has 0 saturated heterocycles. The zero-order chi connectivity index (χ0) is 19.1. The largest absolute Gasteiger partial charge is 0.533 e. The maximum absolute atomic E-state index is 15.3. The Morgan fingerprint density at radius 2 is 2.11 bits per heavy atom. The van der Waals surface area contributed by atoms with Gasteiger partial charge in [0.25, 0.3) is 0 Å². The van der Waals surface area contributed by atoms with E-state index >= 15 is 4.32 Å². The van der Waals surface area contributed by atoms with E-state index in [0.29, 0.717) is 24.2 Å². The molecule has 2 aliphatic heterocycles. The quantitative estimate of drug-likeness (QED) is 0.816. The minimum absolute atomic E-state index is 0.0327. The molecule has 0 fully saturated rings. The molecule has 27 heavy (non-hydrogen) atoms. The molecule has 0 unspecified atom stereocenters. The molecule has 2 aromatic rings. The van der Waals surface area contributed by atoms with Crippen molar-refractivity contribution in [3.05, 3.63) is 70.4 Å². The lowest BCUT2D eigenvalue weighted by Gasteiger charge is -2.30. The average molecular weight is 366 g/mol. The van der Waals surface area contributed by atoms with Gasteiger partial charge in [0, 0.05) is 34.7 Å². The summed E-state index contributed by atoms with van der Waals surface area (Å²) in [5.74, 6) is -0.477. The number of benzene rings is 1. The predicted molar refractivity (Wildman–Crippen MR) is 104 cm³/mol. The number of halogens is 2. The van der Waals surface area contributed by atoms with E-state index in [1.165, 1.54) is 18.2 Å². The summed E-state index contributed by atoms with van der Waals surface area (Å²) in [6, 6.07) is 5.61. The number of fused-ring (bicyclic) bond motifs is 2. The number of phenols is 1. The van der Waals surface area contributed by atoms with E-state index in [2.05, 4.69) is 0 Å². The lowest BCUT2D eigenvalue weighted by atomic mass is 9.91. The van der Waals surface area contributed by atoms with Gasteiger partial charge >= 0.3 is 7.26 Å². The molecule has 0 amide bonds. The summed E-state index contributed by atoms with van der Waals surface area (Å²) in [5.41, 5.74) is 10.4. The molecule has 1 radical (unpaired) electrons. The molecule has 0 atom stereocenters. The van der Waals surface area contributed by atoms with Crippen molar-refractivity contribution >= 4 is 31.2 Å². The fraction of sp³-hybridized carbons (Fsp3) is 0.150. The monoisotopic (exact) mass is 366 g/mol. The molecular weight excluding hydrogens is 347 g/mol. The van der Waals surface area contributed by atoms with Crippen molar-refractivity contribution in [2.75, 3.05) is 6.54 Å². The molecule has 137 valence electrons. The topological polar surface area (TPSA) is 54.2 Å². The van der Waals surface area contributed by atoms with Crippen molar-refractivity contribution in [3.63, 3.8) is 0 Å². The van der Waals surface area contributed by atoms with E-state index < -0.39 is 13.1 Å². The van der Waals surface area contributed by atoms with E-state index in [4.69, 9.17) is 5.73 Å². The van der Waals surface area contributed by atoms with Crippen LogP contribution in [0.2, 0.25) is 0 Å². The van der Waals surface area contributed by atoms with Crippen LogP contribution in [0.1, 0.15) is 28.9 Å². The normalized spacial score (nSPS) is 16.2. The molecule has 3 N–H and O–H groups in total. The number of rotatable bonds is 4. The fourth-order valence-electron chi connectivity index (χ4n) is 3.73. The van der Waals surface area contributed by atoms with E-state index in [1.807, 2.05) is 25.1 Å². The van der Waals surface area contributed by atoms with Gasteiger partial charge in [-0.3, -0.25) is 0 Å². The van der Waals surface area contributed by atoms with Crippen molar-refractivity contribution in [2.45, 2.75) is 13.3 Å². The lowest BCUT2D eigenvalue weighted by molar-refractivity contribution is -0.329. The standard InChI is InChI=1S/C20H18BF2N3O/c1-13-11-16(6-4-14-12-15(22)5-7-19(14)27)26-20(13)17(8-9-24)18-3-2-10-25(18)21(26)23/h2-7,10-12H,8-9,24H2,1H3/q-1/p+1. The van der Waals surface area contributed by atoms with E-state index in [-0.39, 0.29) is 5.75 Å². The summed E-state index contributed by atoms with van der Waals surface area (Å²) >= 11 is 0. The summed E-state index contributed by atoms with van der Waals surface area (Å²) < 4.78 is 31.9. The number of hydrogen-bond acceptors (Lipinski definition) is 2. The van der Waals surface area contributed by atoms with E-state index in [0.717, 1.165) is 22.5 Å². The first-order chi connectivity index (χ1) is 13.0. The van der Waals surface area contributed by atoms with Crippen molar-refractivity contribution in [1.29, 1.82) is 0 Å². The molecule has 2 aliphatic rings. The Balaban J connectivity index is 1.83. The van der Waals surface area contributed by atoms with E-state index in [9.17, 15) is 9.50 Å². The van der Waals surface area contributed by atoms with Crippen molar-refractivity contribution in [2.24, 2.45) is 5.73 Å². The van der Waals surface area contributed by atoms with Crippen molar-refractivity contribution < 1.29 is 18.3 Å². The molecule has 4 rings (SSSR count). The molecule has 0 aliphatic carbocycles. The number of hydrogen-bond donors (Lipinski definition) is 2. The van der Waals surface area contributed by atoms with Crippen molar-refractivity contribution in [3.8, 4) is 5.75 Å². The van der Waals surface area contributed by atoms with Crippen LogP contribution in [0.4, 0.5) is 8.71 Å². The number of phenolic OH excluding ortho intramolecular Hbond substituents is 1. The molecule has 3 heterocycles. The Labute approximate surface area is 156 Å². The maximum atomic E-state index is 15.3. The summed E-state index contributed by atoms with van der Waals surface area (Å²) in [5, 5.41) is 9.90. The third-order valence-electron chi connectivity index (χ3n) is 4.89. The highest BCUT2D eigenvalue weighted by Crippen LogP contribution is 2.36. The molecule has 1 aromatic carbocycles. The van der Waals surface area contributed by atoms with Gasteiger partial charge in [0.2, 0.25) is 0 Å². The maximum Gasteiger partial charge on any atom is 0.533 e. The van der Waals surface area contributed by atoms with Crippen LogP contribution in [0.5, 0.6) is 5.75 Å². The van der Waals surface area contributed by atoms with Gasteiger partial charge < -0.3 is 24.1 Å². The Hall–Kier alpha value is -2.93. The van der Waals surface area contributed by atoms with Crippen LogP contribution < -0.4 is 5.73 Å². The van der Waals surface area contributed by atoms with Gasteiger partial charge in [-0.1, -0.05) is 0 Å². The molecule has 0 spiro atoms. The van der Waals surface area contributed by atoms with Gasteiger partial charge in [-0.2, -0.15) is 0 Å². The Morgan fingerprint density at radius 1 is 1.30 bits per heavy atom. The first kappa shape index (κ1) is 17.5. The molecule has 7 heteroatoms. The minimum atomic E-state index is -1.39. The van der Waals surface area contributed by atoms with Gasteiger partial charge in [-0.25, -0.2) is 4.39 Å². The van der Waals surface area contributed by atoms with Gasteiger partial charge in [0.1, 0.15) is 17.8 Å². The smallest absolute Gasteiger partial charge is 0.507 e. The first-order valence-corrected chi connectivity index (χ1v) is 8.77. The highest BCUT2D eigenvalue weighted by atomic mass is 19.1. The number of aromatic nitrogens is 1. The Morgan fingerprint density at radius 3 is 2.89 bits per heavy atom. The van der Waals surface area contributed by atoms with Gasteiger partial charge in [-0.15, -0.1) is 0 Å². The van der Waals surface area contributed by atoms with Crippen LogP contribution in [0.3, 0.4) is 0 Å². The van der Waals surface area contributed by atoms with Gasteiger partial charge in [-0.05, 0) is 61.9 Å². The zero-order valence-electron chi connectivity index (χ0n) is 14.9. The molecule has 0 saturated carbocycles. The molecular formula is C20H19BF2N3O. The number of aryl methyl sites for hydroxylation is 1. The molecule has 0 bridgehead atoms. The van der Waals surface area contributed by atoms with Gasteiger partial charge in [0.15, 0.2) is 5.70 Å². The van der Waals surface area contributed by atoms with Crippen molar-refractivity contribution in [1.82, 2.24) is 4.48 Å². The number of nitrogens with zero attached hydrogens (tertiary/aromatic N) is 2. The third kappa shape index (κ3) is 2.84. The van der Waals surface area contributed by atoms with Crippen LogP contribution in [-0.2, 0) is 0 Å². The first-order valence-electron chi connectivity index (χ1n) is 8.77. The van der Waals surface area contributed by atoms with Crippen LogP contribution >= 0.6 is 0 Å². The fourth-order valence-corrected chi connectivity index (χ4v) is 3.73. The second kappa shape index (κ2) is 6.66. The minimum Gasteiger partial charge on any atom is -0.507 e. The Bertz CT molecular complexity index is 1050. The number of allylic oxidation sites excluding steroid dienone is 2. The highest BCUT2D eigenvalue weighted by molar-refractivity contribution is 6.43. The summed E-state index contributed by atoms with van der Waals surface area (Å²) in [4.78, 5) is 0. The van der Waals surface area contributed by atoms with Crippen LogP contribution in [0.15, 0.2) is 42.1 Å². The Kier molecular flexibility index (Phi) is 4.32. The van der Waals surface area contributed by atoms with Crippen LogP contribution in [-0.4, -0.2) is 34.1 Å². The highest BCUT2D eigenvalue weighted by Gasteiger charge is 2.34. The number of nitrogens with two attached hydrogens (primary N) is 1. The summed E-state index contributed by atoms with van der Waals surface area (Å²) in [7, 11) is -1.39. The SMILES string of the molecule is Cc1cc(C=Cc2cc(F)ccc2O)n2c1C(CCN)=C1C=CC=[N+]1[B-]2F. The van der Waals surface area contributed by atoms with Gasteiger partial charge in [0.05, 0.1) is 0 Å². The second-order valence-electron chi connectivity index (χ2n) is 6.64. The lowest BCUT2D eigenvalue weighted by Crippen LogP contribution is -2.39. The summed E-state index contributed by atoms with van der Waals surface area (Å²) in [6.45, 7) is 2.40. The third-order valence-corrected chi connectivity index (χ3v) is 4.89. The molecule has 1 aromatic heterocycles. The zero-order valence-corrected chi connectivity index (χ0v) is 14.9. The van der Waals surface area contributed by atoms with Crippen LogP contribution in [0, 0.1) is 12.7 Å².